The monoisotopic (exact) mass is 431 g/mol. The van der Waals surface area contributed by atoms with E-state index in [4.69, 9.17) is 10.2 Å². The summed E-state index contributed by atoms with van der Waals surface area (Å²) in [6, 6.07) is 8.12. The highest BCUT2D eigenvalue weighted by Crippen LogP contribution is 2.28. The molecule has 1 aliphatic heterocycles. The molecule has 1 aliphatic rings. The summed E-state index contributed by atoms with van der Waals surface area (Å²) < 4.78 is 6.33. The van der Waals surface area contributed by atoms with Crippen molar-refractivity contribution in [3.05, 3.63) is 46.3 Å². The molecule has 1 saturated heterocycles. The smallest absolute Gasteiger partial charge is 0.289 e. The second kappa shape index (κ2) is 8.21. The van der Waals surface area contributed by atoms with E-state index >= 15 is 0 Å². The lowest BCUT2D eigenvalue weighted by molar-refractivity contribution is -0.115. The number of nitrogens with zero attached hydrogens (tertiary/aromatic N) is 4. The summed E-state index contributed by atoms with van der Waals surface area (Å²) in [6.45, 7) is 2.11. The van der Waals surface area contributed by atoms with Gasteiger partial charge in [0.05, 0.1) is 11.1 Å². The van der Waals surface area contributed by atoms with Crippen LogP contribution in [0.3, 0.4) is 0 Å². The van der Waals surface area contributed by atoms with Crippen LogP contribution in [-0.2, 0) is 4.79 Å². The predicted molar refractivity (Wildman–Crippen MR) is 110 cm³/mol. The van der Waals surface area contributed by atoms with Crippen LogP contribution in [-0.4, -0.2) is 58.8 Å². The van der Waals surface area contributed by atoms with Gasteiger partial charge in [-0.3, -0.25) is 14.4 Å². The van der Waals surface area contributed by atoms with Gasteiger partial charge in [0.25, 0.3) is 5.91 Å². The van der Waals surface area contributed by atoms with Gasteiger partial charge in [0.2, 0.25) is 11.0 Å². The van der Waals surface area contributed by atoms with Crippen molar-refractivity contribution in [2.45, 2.75) is 4.34 Å². The highest BCUT2D eigenvalue weighted by molar-refractivity contribution is 8.01. The zero-order chi connectivity index (χ0) is 20.4. The summed E-state index contributed by atoms with van der Waals surface area (Å²) in [5.74, 6) is -0.502. The number of carbonyl (C=O) groups is 2. The van der Waals surface area contributed by atoms with Gasteiger partial charge in [-0.15, -0.1) is 10.2 Å². The fourth-order valence-corrected chi connectivity index (χ4v) is 4.62. The fraction of sp³-hybridized carbons (Fsp3) is 0.278. The molecule has 3 aromatic rings. The Labute approximate surface area is 173 Å². The lowest BCUT2D eigenvalue weighted by Gasteiger charge is -2.33. The molecule has 1 aromatic carbocycles. The van der Waals surface area contributed by atoms with E-state index in [1.54, 1.807) is 29.2 Å². The van der Waals surface area contributed by atoms with Crippen LogP contribution in [0.4, 0.5) is 5.13 Å². The molecule has 0 aliphatic carbocycles. The first kappa shape index (κ1) is 19.4. The Bertz CT molecular complexity index is 1120. The van der Waals surface area contributed by atoms with Crippen molar-refractivity contribution >= 4 is 51.0 Å². The van der Waals surface area contributed by atoms with Crippen molar-refractivity contribution in [2.75, 3.05) is 36.8 Å². The number of benzene rings is 1. The summed E-state index contributed by atoms with van der Waals surface area (Å²) in [6.07, 6.45) is 0. The maximum atomic E-state index is 12.8. The highest BCUT2D eigenvalue weighted by Gasteiger charge is 2.26. The Morgan fingerprint density at radius 2 is 1.93 bits per heavy atom. The third kappa shape index (κ3) is 4.25. The van der Waals surface area contributed by atoms with Gasteiger partial charge in [0.15, 0.2) is 15.5 Å². The number of nitrogens with two attached hydrogens (primary N) is 1. The predicted octanol–water partition coefficient (Wildman–Crippen LogP) is 1.18. The molecule has 1 fully saturated rings. The minimum atomic E-state index is -0.404. The van der Waals surface area contributed by atoms with E-state index in [1.807, 2.05) is 4.90 Å². The van der Waals surface area contributed by atoms with E-state index in [-0.39, 0.29) is 22.8 Å². The van der Waals surface area contributed by atoms with E-state index in [0.29, 0.717) is 41.5 Å². The van der Waals surface area contributed by atoms with Crippen molar-refractivity contribution in [3.63, 3.8) is 0 Å². The summed E-state index contributed by atoms with van der Waals surface area (Å²) in [7, 11) is 0. The van der Waals surface area contributed by atoms with Crippen LogP contribution in [0.15, 0.2) is 43.9 Å². The SMILES string of the molecule is NC(=O)CSc1nnc(N2CCN(C(=O)c3cc(=O)c4ccccc4o3)CC2)s1. The fourth-order valence-electron chi connectivity index (χ4n) is 2.99. The first-order chi connectivity index (χ1) is 14.0. The van der Waals surface area contributed by atoms with Gasteiger partial charge in [-0.05, 0) is 12.1 Å². The summed E-state index contributed by atoms with van der Waals surface area (Å²) in [4.78, 5) is 39.6. The molecule has 9 nitrogen and oxygen atoms in total. The molecule has 0 spiro atoms. The number of thioether (sulfide) groups is 1. The van der Waals surface area contributed by atoms with Crippen LogP contribution in [0.2, 0.25) is 0 Å². The number of anilines is 1. The molecule has 0 radical (unpaired) electrons. The standard InChI is InChI=1S/C18H17N5O4S2/c19-15(25)10-28-18-21-20-17(29-18)23-7-5-22(6-8-23)16(26)14-9-12(24)11-3-1-2-4-13(11)27-14/h1-4,9H,5-8,10H2,(H2,19,25). The van der Waals surface area contributed by atoms with Gasteiger partial charge in [0, 0.05) is 32.2 Å². The molecule has 3 heterocycles. The minimum absolute atomic E-state index is 0.0446. The topological polar surface area (TPSA) is 123 Å². The minimum Gasteiger partial charge on any atom is -0.451 e. The van der Waals surface area contributed by atoms with Gasteiger partial charge in [0.1, 0.15) is 5.58 Å². The van der Waals surface area contributed by atoms with Gasteiger partial charge in [-0.25, -0.2) is 0 Å². The molecule has 4 rings (SSSR count). The molecule has 150 valence electrons. The zero-order valence-electron chi connectivity index (χ0n) is 15.2. The van der Waals surface area contributed by atoms with Crippen LogP contribution in [0.1, 0.15) is 10.6 Å². The van der Waals surface area contributed by atoms with Gasteiger partial charge in [-0.2, -0.15) is 0 Å². The molecule has 29 heavy (non-hydrogen) atoms. The molecular formula is C18H17N5O4S2. The number of rotatable bonds is 5. The average molecular weight is 431 g/mol. The van der Waals surface area contributed by atoms with Crippen molar-refractivity contribution in [1.82, 2.24) is 15.1 Å². The molecule has 0 atom stereocenters. The van der Waals surface area contributed by atoms with Crippen LogP contribution in [0.5, 0.6) is 0 Å². The molecule has 11 heteroatoms. The van der Waals surface area contributed by atoms with E-state index < -0.39 is 5.91 Å². The maximum absolute atomic E-state index is 12.8. The summed E-state index contributed by atoms with van der Waals surface area (Å²) in [5.41, 5.74) is 5.31. The lowest BCUT2D eigenvalue weighted by Crippen LogP contribution is -2.48. The summed E-state index contributed by atoms with van der Waals surface area (Å²) >= 11 is 2.64. The van der Waals surface area contributed by atoms with E-state index in [1.165, 1.54) is 29.2 Å². The second-order valence-electron chi connectivity index (χ2n) is 6.36. The number of hydrogen-bond acceptors (Lipinski definition) is 9. The number of primary amides is 1. The van der Waals surface area contributed by atoms with Gasteiger partial charge in [-0.1, -0.05) is 35.2 Å². The van der Waals surface area contributed by atoms with Crippen LogP contribution in [0.25, 0.3) is 11.0 Å². The number of amides is 2. The van der Waals surface area contributed by atoms with Crippen molar-refractivity contribution in [3.8, 4) is 0 Å². The van der Waals surface area contributed by atoms with Crippen LogP contribution >= 0.6 is 23.1 Å². The quantitative estimate of drug-likeness (QED) is 0.598. The summed E-state index contributed by atoms with van der Waals surface area (Å²) in [5, 5.41) is 9.40. The number of fused-ring (bicyclic) bond motifs is 1. The number of hydrogen-bond donors (Lipinski definition) is 1. The Morgan fingerprint density at radius 1 is 1.17 bits per heavy atom. The second-order valence-corrected chi connectivity index (χ2v) is 8.53. The van der Waals surface area contributed by atoms with Gasteiger partial charge < -0.3 is 20.0 Å². The first-order valence-electron chi connectivity index (χ1n) is 8.83. The lowest BCUT2D eigenvalue weighted by atomic mass is 10.2. The van der Waals surface area contributed by atoms with E-state index in [0.717, 1.165) is 5.13 Å². The number of aromatic nitrogens is 2. The van der Waals surface area contributed by atoms with Crippen molar-refractivity contribution in [1.29, 1.82) is 0 Å². The number of piperazine rings is 1. The normalized spacial score (nSPS) is 14.3. The zero-order valence-corrected chi connectivity index (χ0v) is 16.9. The first-order valence-corrected chi connectivity index (χ1v) is 10.6. The molecule has 2 amide bonds. The van der Waals surface area contributed by atoms with E-state index in [2.05, 4.69) is 10.2 Å². The third-order valence-corrected chi connectivity index (χ3v) is 6.56. The Balaban J connectivity index is 1.41. The molecule has 0 saturated carbocycles. The van der Waals surface area contributed by atoms with E-state index in [9.17, 15) is 14.4 Å². The Kier molecular flexibility index (Phi) is 5.49. The van der Waals surface area contributed by atoms with Gasteiger partial charge >= 0.3 is 0 Å². The number of carbonyl (C=O) groups excluding carboxylic acids is 2. The third-order valence-electron chi connectivity index (χ3n) is 4.42. The molecule has 0 unspecified atom stereocenters. The average Bonchev–Trinajstić information content (AvgIpc) is 3.21. The maximum Gasteiger partial charge on any atom is 0.289 e. The highest BCUT2D eigenvalue weighted by atomic mass is 32.2. The molecule has 2 aromatic heterocycles. The van der Waals surface area contributed by atoms with Crippen LogP contribution < -0.4 is 16.1 Å². The largest absolute Gasteiger partial charge is 0.451 e. The van der Waals surface area contributed by atoms with Crippen molar-refractivity contribution < 1.29 is 14.0 Å². The Hall–Kier alpha value is -2.92. The molecular weight excluding hydrogens is 414 g/mol. The molecule has 0 bridgehead atoms. The van der Waals surface area contributed by atoms with Crippen molar-refractivity contribution in [2.24, 2.45) is 5.73 Å². The Morgan fingerprint density at radius 3 is 2.69 bits per heavy atom. The molecule has 2 N–H and O–H groups in total. The van der Waals surface area contributed by atoms with Crippen LogP contribution in [0, 0.1) is 0 Å². The number of para-hydroxylation sites is 1.